The highest BCUT2D eigenvalue weighted by molar-refractivity contribution is 6.35. The second kappa shape index (κ2) is 31.2. The molecule has 0 rings (SSSR count). The van der Waals surface area contributed by atoms with Gasteiger partial charge in [0.15, 0.2) is 0 Å². The molecule has 152 valence electrons. The van der Waals surface area contributed by atoms with Gasteiger partial charge in [-0.25, -0.2) is 0 Å². The molecule has 0 saturated heterocycles. The Bertz CT molecular complexity index is 164. The molecule has 0 spiro atoms. The first-order valence-electron chi connectivity index (χ1n) is 12.8. The maximum atomic E-state index is 2.30. The summed E-state index contributed by atoms with van der Waals surface area (Å²) in [6, 6.07) is 0. The Morgan fingerprint density at radius 1 is 0.308 bits per heavy atom. The first kappa shape index (κ1) is 29.7. The average Bonchev–Trinajstić information content (AvgIpc) is 2.66. The highest BCUT2D eigenvalue weighted by atomic mass is 24.5. The Balaban J connectivity index is 0. The van der Waals surface area contributed by atoms with Crippen molar-refractivity contribution < 1.29 is 0 Å². The Kier molecular flexibility index (Phi) is 35.7. The molecule has 0 radical (unpaired) electrons. The zero-order valence-corrected chi connectivity index (χ0v) is 22.4. The van der Waals surface area contributed by atoms with Gasteiger partial charge in [-0.1, -0.05) is 130 Å². The van der Waals surface area contributed by atoms with Crippen molar-refractivity contribution in [3.05, 3.63) is 0 Å². The first-order valence-corrected chi connectivity index (χ1v) is 16.8. The quantitative estimate of drug-likeness (QED) is 0.144. The maximum absolute atomic E-state index is 2.30. The number of hydrogen-bond donors (Lipinski definition) is 0. The monoisotopic (exact) mass is 388 g/mol. The van der Waals surface area contributed by atoms with Gasteiger partial charge in [-0.15, -0.1) is 18.2 Å². The minimum Gasteiger partial charge on any atom is -0.146 e. The van der Waals surface area contributed by atoms with Crippen LogP contribution in [-0.4, -0.2) is 40.7 Å². The molecule has 0 heterocycles. The molecule has 0 N–H and O–H groups in total. The lowest BCUT2D eigenvalue weighted by molar-refractivity contribution is 0.623. The van der Waals surface area contributed by atoms with Crippen LogP contribution in [0.15, 0.2) is 0 Å². The van der Waals surface area contributed by atoms with E-state index >= 15 is 0 Å². The second-order valence-electron chi connectivity index (χ2n) is 8.36. The number of hydrogen-bond acceptors (Lipinski definition) is 0. The zero-order valence-electron chi connectivity index (χ0n) is 19.6. The molecule has 2 heteroatoms. The summed E-state index contributed by atoms with van der Waals surface area (Å²) in [5.74, 6) is 0. The lowest BCUT2D eigenvalue weighted by atomic mass is 10.1. The van der Waals surface area contributed by atoms with E-state index in [1.54, 1.807) is 24.6 Å². The lowest BCUT2D eigenvalue weighted by Crippen LogP contribution is -1.89. The molecule has 0 fully saturated rings. The van der Waals surface area contributed by atoms with Crippen molar-refractivity contribution in [3.8, 4) is 0 Å². The molecule has 0 aromatic carbocycles. The summed E-state index contributed by atoms with van der Waals surface area (Å²) in [7, 11) is 0. The van der Waals surface area contributed by atoms with Crippen LogP contribution in [0.5, 0.6) is 0 Å². The summed E-state index contributed by atoms with van der Waals surface area (Å²) in [5.41, 5.74) is 0. The van der Waals surface area contributed by atoms with Crippen molar-refractivity contribution in [1.82, 2.24) is 0 Å². The van der Waals surface area contributed by atoms with E-state index < -0.39 is 0 Å². The molecule has 0 amide bonds. The largest absolute Gasteiger partial charge is 0.364 e. The molecule has 0 atom stereocenters. The lowest BCUT2D eigenvalue weighted by Gasteiger charge is -1.99. The molecule has 26 heavy (non-hydrogen) atoms. The molecular formula is C24H52Mg2. The van der Waals surface area contributed by atoms with Crippen LogP contribution in [0, 0.1) is 0 Å². The van der Waals surface area contributed by atoms with Gasteiger partial charge < -0.3 is 0 Å². The number of unbranched alkanes of at least 4 members (excludes halogenated alkanes) is 12. The van der Waals surface area contributed by atoms with Gasteiger partial charge in [0.25, 0.3) is 0 Å². The van der Waals surface area contributed by atoms with Crippen LogP contribution in [0.2, 0.25) is 18.2 Å². The van der Waals surface area contributed by atoms with E-state index in [-0.39, 0.29) is 0 Å². The van der Waals surface area contributed by atoms with Crippen molar-refractivity contribution in [3.63, 3.8) is 0 Å². The fourth-order valence-electron chi connectivity index (χ4n) is 3.47. The Hall–Kier alpha value is 1.53. The standard InChI is InChI=1S/C8H17.2C6H13.C4H9.2Mg/c1-3-5-7-8-6-4-2;2*1-3-5-6-4-2;1-3-4-2;;/h1,3-8H2,2H3;2*1,3-6H2,2H3;1,3-4H2,2H3;;. The zero-order chi connectivity index (χ0) is 19.6. The van der Waals surface area contributed by atoms with E-state index in [1.165, 1.54) is 96.3 Å². The molecule has 0 aromatic rings. The van der Waals surface area contributed by atoms with Gasteiger partial charge in [0, 0.05) is 0 Å². The van der Waals surface area contributed by atoms with E-state index in [4.69, 9.17) is 0 Å². The van der Waals surface area contributed by atoms with Crippen LogP contribution in [-0.2, 0) is 0 Å². The van der Waals surface area contributed by atoms with Crippen molar-refractivity contribution in [2.75, 3.05) is 0 Å². The Morgan fingerprint density at radius 3 is 0.962 bits per heavy atom. The van der Waals surface area contributed by atoms with Crippen molar-refractivity contribution in [2.45, 2.75) is 149 Å². The smallest absolute Gasteiger partial charge is 0.146 e. The molecule has 0 aromatic heterocycles. The molecule has 0 saturated carbocycles. The molecule has 0 nitrogen and oxygen atoms in total. The molecule has 0 aliphatic heterocycles. The summed E-state index contributed by atoms with van der Waals surface area (Å²) in [6.07, 6.45) is 23.5. The van der Waals surface area contributed by atoms with Crippen LogP contribution < -0.4 is 0 Å². The summed E-state index contributed by atoms with van der Waals surface area (Å²) < 4.78 is 6.45. The van der Waals surface area contributed by atoms with Crippen molar-refractivity contribution >= 4 is 40.7 Å². The average molecular weight is 389 g/mol. The predicted octanol–water partition coefficient (Wildman–Crippen LogP) is 9.38. The van der Waals surface area contributed by atoms with Gasteiger partial charge in [-0.3, -0.25) is 0 Å². The van der Waals surface area contributed by atoms with Crippen LogP contribution in [0.4, 0.5) is 0 Å². The summed E-state index contributed by atoms with van der Waals surface area (Å²) >= 11 is 0.716. The summed E-state index contributed by atoms with van der Waals surface area (Å²) in [4.78, 5) is 0. The minimum absolute atomic E-state index is 0.355. The van der Waals surface area contributed by atoms with Gasteiger partial charge in [0.2, 0.25) is 0 Å². The molecule has 0 aliphatic rings. The van der Waals surface area contributed by atoms with E-state index in [1.807, 2.05) is 0 Å². The van der Waals surface area contributed by atoms with E-state index in [9.17, 15) is 0 Å². The normalized spacial score (nSPS) is 10.0. The third-order valence-electron chi connectivity index (χ3n) is 5.41. The highest BCUT2D eigenvalue weighted by Crippen LogP contribution is 2.08. The number of rotatable bonds is 20. The van der Waals surface area contributed by atoms with Crippen LogP contribution in [0.1, 0.15) is 130 Å². The fraction of sp³-hybridized carbons (Fsp3) is 1.00. The SMILES string of the molecule is CCCCCCC[CH2][Mg][CH2]CCC.CCCCC[CH2][Mg][CH2]CCCCC. The maximum Gasteiger partial charge on any atom is 0.364 e. The van der Waals surface area contributed by atoms with Gasteiger partial charge >= 0.3 is 40.7 Å². The van der Waals surface area contributed by atoms with Crippen molar-refractivity contribution in [1.29, 1.82) is 0 Å². The van der Waals surface area contributed by atoms with Crippen LogP contribution >= 0.6 is 0 Å². The molecule has 0 aliphatic carbocycles. The first-order chi connectivity index (χ1) is 12.8. The summed E-state index contributed by atoms with van der Waals surface area (Å²) in [5, 5.41) is 0. The third kappa shape index (κ3) is 33.1. The highest BCUT2D eigenvalue weighted by Gasteiger charge is 1.96. The Labute approximate surface area is 188 Å². The van der Waals surface area contributed by atoms with Gasteiger partial charge in [-0.2, -0.15) is 0 Å². The van der Waals surface area contributed by atoms with Gasteiger partial charge in [0.05, 0.1) is 0 Å². The third-order valence-corrected chi connectivity index (χ3v) is 9.41. The van der Waals surface area contributed by atoms with Crippen LogP contribution in [0.25, 0.3) is 0 Å². The van der Waals surface area contributed by atoms with E-state index in [2.05, 4.69) is 27.7 Å². The summed E-state index contributed by atoms with van der Waals surface area (Å²) in [6.45, 7) is 9.18. The molecular weight excluding hydrogens is 337 g/mol. The second-order valence-corrected chi connectivity index (χ2v) is 12.6. The van der Waals surface area contributed by atoms with E-state index in [0.29, 0.717) is 40.7 Å². The minimum atomic E-state index is 0.355. The van der Waals surface area contributed by atoms with Crippen LogP contribution in [0.3, 0.4) is 0 Å². The molecule has 0 unspecified atom stereocenters. The fourth-order valence-corrected chi connectivity index (χ4v) is 7.16. The van der Waals surface area contributed by atoms with Gasteiger partial charge in [-0.05, 0) is 0 Å². The Morgan fingerprint density at radius 2 is 0.577 bits per heavy atom. The predicted molar refractivity (Wildman–Crippen MR) is 127 cm³/mol. The molecule has 0 bridgehead atoms. The van der Waals surface area contributed by atoms with E-state index in [0.717, 1.165) is 0 Å². The topological polar surface area (TPSA) is 0 Å². The van der Waals surface area contributed by atoms with Crippen molar-refractivity contribution in [2.24, 2.45) is 0 Å². The van der Waals surface area contributed by atoms with Gasteiger partial charge in [0.1, 0.15) is 0 Å².